The van der Waals surface area contributed by atoms with Crippen LogP contribution in [0.25, 0.3) is 0 Å². The molecule has 222 valence electrons. The van der Waals surface area contributed by atoms with Gasteiger partial charge in [-0.05, 0) is 88.4 Å². The summed E-state index contributed by atoms with van der Waals surface area (Å²) < 4.78 is 24.8. The van der Waals surface area contributed by atoms with Gasteiger partial charge in [-0.1, -0.05) is 0 Å². The molecule has 5 unspecified atom stereocenters. The molecule has 0 aromatic heterocycles. The summed E-state index contributed by atoms with van der Waals surface area (Å²) in [5.41, 5.74) is -1.76. The van der Waals surface area contributed by atoms with E-state index < -0.39 is 22.6 Å². The minimum absolute atomic E-state index is 0.0106. The van der Waals surface area contributed by atoms with Crippen LogP contribution in [0, 0.1) is 45.8 Å². The van der Waals surface area contributed by atoms with Crippen molar-refractivity contribution in [1.82, 2.24) is 0 Å². The zero-order chi connectivity index (χ0) is 27.9. The molecule has 10 nitrogen and oxygen atoms in total. The summed E-state index contributed by atoms with van der Waals surface area (Å²) in [6, 6.07) is 0. The molecule has 1 saturated heterocycles. The van der Waals surface area contributed by atoms with Gasteiger partial charge in [-0.25, -0.2) is 0 Å². The third-order valence-corrected chi connectivity index (χ3v) is 12.1. The molecule has 40 heavy (non-hydrogen) atoms. The van der Waals surface area contributed by atoms with Gasteiger partial charge in [0.15, 0.2) is 5.79 Å². The Balaban J connectivity index is 1.03. The minimum Gasteiger partial charge on any atom is -0.550 e. The van der Waals surface area contributed by atoms with Crippen molar-refractivity contribution >= 4 is 17.9 Å². The number of rotatable bonds is 7. The number of fused-ring (bicyclic) bond motifs is 3. The highest BCUT2D eigenvalue weighted by atomic mass is 16.7. The fourth-order valence-electron chi connectivity index (χ4n) is 9.61. The van der Waals surface area contributed by atoms with Gasteiger partial charge in [0.25, 0.3) is 0 Å². The molecule has 0 aromatic carbocycles. The lowest BCUT2D eigenvalue weighted by molar-refractivity contribution is -0.352. The summed E-state index contributed by atoms with van der Waals surface area (Å²) in [5, 5.41) is 31.7. The van der Waals surface area contributed by atoms with Crippen molar-refractivity contribution in [3.8, 4) is 0 Å². The quantitative estimate of drug-likeness (QED) is 0.432. The predicted octanol–water partition coefficient (Wildman–Crippen LogP) is 1.09. The molecule has 7 fully saturated rings. The largest absolute Gasteiger partial charge is 0.550 e. The first kappa shape index (κ1) is 27.1. The van der Waals surface area contributed by atoms with Gasteiger partial charge in [-0.15, -0.1) is 0 Å². The lowest BCUT2D eigenvalue weighted by Gasteiger charge is -2.52. The lowest BCUT2D eigenvalue weighted by atomic mass is 9.58. The second-order valence-electron chi connectivity index (χ2n) is 14.3. The summed E-state index contributed by atoms with van der Waals surface area (Å²) in [7, 11) is 0. The van der Waals surface area contributed by atoms with Crippen molar-refractivity contribution < 1.29 is 48.7 Å². The first-order chi connectivity index (χ1) is 19.1. The number of carbonyl (C=O) groups excluding carboxylic acids is 3. The Morgan fingerprint density at radius 1 is 0.775 bits per heavy atom. The lowest BCUT2D eigenvalue weighted by Crippen LogP contribution is -2.59. The van der Waals surface area contributed by atoms with Gasteiger partial charge in [0.2, 0.25) is 0 Å². The van der Waals surface area contributed by atoms with E-state index in [4.69, 9.17) is 18.9 Å². The topological polar surface area (TPSA) is 152 Å². The molecule has 0 radical (unpaired) electrons. The molecule has 6 aliphatic carbocycles. The molecule has 2 spiro atoms. The Bertz CT molecular complexity index is 1010. The zero-order valence-electron chi connectivity index (χ0n) is 23.0. The van der Waals surface area contributed by atoms with Crippen LogP contribution in [-0.2, 0) is 33.3 Å². The standard InChI is InChI=1S/C30H42O10/c31-20-5-1-17(2-6-20)24(33)37-13-27(14-38-25(34)18-3-7-21(32)8-4-18)15-39-30(40-16-27)19-9-22-23(30)11-28(22)12-29(28,10-19)26(35)36/h17-23,31-32H,1-16H2,(H,35,36)/p-1. The number of hydrogen-bond acceptors (Lipinski definition) is 10. The molecule has 6 saturated carbocycles. The smallest absolute Gasteiger partial charge is 0.308 e. The van der Waals surface area contributed by atoms with E-state index in [0.29, 0.717) is 64.2 Å². The number of carboxylic acid groups (broad SMARTS) is 1. The SMILES string of the molecule is O=C(OCC1(COC(=O)C2CCC(O)CC2)COC2(OC1)C1CC3C2CC32CC2(C(=O)[O-])C1)C1CCC(O)CC1. The van der Waals surface area contributed by atoms with Crippen LogP contribution in [0.15, 0.2) is 0 Å². The van der Waals surface area contributed by atoms with Crippen molar-refractivity contribution in [2.45, 2.75) is 95.0 Å². The molecule has 1 aliphatic heterocycles. The Morgan fingerprint density at radius 3 is 1.80 bits per heavy atom. The summed E-state index contributed by atoms with van der Waals surface area (Å²) in [6.45, 7) is 0.351. The third kappa shape index (κ3) is 3.92. The minimum atomic E-state index is -0.938. The third-order valence-electron chi connectivity index (χ3n) is 12.1. The highest BCUT2D eigenvalue weighted by Gasteiger charge is 2.87. The van der Waals surface area contributed by atoms with E-state index in [1.54, 1.807) is 0 Å². The van der Waals surface area contributed by atoms with Gasteiger partial charge < -0.3 is 39.1 Å². The maximum atomic E-state index is 12.9. The number of ether oxygens (including phenoxy) is 4. The Labute approximate surface area is 234 Å². The average molecular weight is 562 g/mol. The van der Waals surface area contributed by atoms with Crippen LogP contribution in [0.4, 0.5) is 0 Å². The van der Waals surface area contributed by atoms with E-state index >= 15 is 0 Å². The summed E-state index contributed by atoms with van der Waals surface area (Å²) >= 11 is 0. The van der Waals surface area contributed by atoms with Crippen LogP contribution >= 0.6 is 0 Å². The molecular formula is C30H41O10-. The summed E-state index contributed by atoms with van der Waals surface area (Å²) in [5.74, 6) is -2.54. The van der Waals surface area contributed by atoms with E-state index in [2.05, 4.69) is 0 Å². The fourth-order valence-corrected chi connectivity index (χ4v) is 9.61. The van der Waals surface area contributed by atoms with Crippen LogP contribution < -0.4 is 5.11 Å². The van der Waals surface area contributed by atoms with Gasteiger partial charge in [-0.3, -0.25) is 9.59 Å². The normalized spacial score (nSPS) is 50.4. The number of aliphatic hydroxyl groups excluding tert-OH is 2. The highest BCUT2D eigenvalue weighted by molar-refractivity contribution is 5.80. The maximum Gasteiger partial charge on any atom is 0.308 e. The van der Waals surface area contributed by atoms with Crippen LogP contribution in [0.1, 0.15) is 77.0 Å². The second kappa shape index (κ2) is 9.38. The van der Waals surface area contributed by atoms with Crippen molar-refractivity contribution in [3.05, 3.63) is 0 Å². The van der Waals surface area contributed by atoms with Gasteiger partial charge in [-0.2, -0.15) is 0 Å². The van der Waals surface area contributed by atoms with E-state index in [1.165, 1.54) is 0 Å². The second-order valence-corrected chi connectivity index (χ2v) is 14.3. The number of carbonyl (C=O) groups is 3. The maximum absolute atomic E-state index is 12.9. The Morgan fingerprint density at radius 2 is 1.30 bits per heavy atom. The van der Waals surface area contributed by atoms with Gasteiger partial charge >= 0.3 is 11.9 Å². The van der Waals surface area contributed by atoms with E-state index in [0.717, 1.165) is 12.8 Å². The van der Waals surface area contributed by atoms with Crippen LogP contribution in [0.3, 0.4) is 0 Å². The van der Waals surface area contributed by atoms with Gasteiger partial charge in [0, 0.05) is 23.2 Å². The van der Waals surface area contributed by atoms with E-state index in [-0.39, 0.29) is 85.6 Å². The number of hydrogen-bond donors (Lipinski definition) is 2. The van der Waals surface area contributed by atoms with Gasteiger partial charge in [0.1, 0.15) is 13.2 Å². The number of esters is 2. The molecule has 10 heteroatoms. The molecule has 0 amide bonds. The van der Waals surface area contributed by atoms with Crippen molar-refractivity contribution in [3.63, 3.8) is 0 Å². The monoisotopic (exact) mass is 561 g/mol. The molecule has 7 aliphatic rings. The molecule has 2 N–H and O–H groups in total. The van der Waals surface area contributed by atoms with Crippen LogP contribution in [0.5, 0.6) is 0 Å². The number of carboxylic acids is 1. The molecule has 0 aromatic rings. The first-order valence-electron chi connectivity index (χ1n) is 15.3. The molecule has 2 bridgehead atoms. The highest BCUT2D eigenvalue weighted by Crippen LogP contribution is 2.89. The van der Waals surface area contributed by atoms with Crippen molar-refractivity contribution in [2.24, 2.45) is 45.8 Å². The molecular weight excluding hydrogens is 520 g/mol. The van der Waals surface area contributed by atoms with Crippen molar-refractivity contribution in [2.75, 3.05) is 26.4 Å². The number of aliphatic hydroxyl groups is 2. The molecule has 1 heterocycles. The van der Waals surface area contributed by atoms with Gasteiger partial charge in [0.05, 0.1) is 42.7 Å². The fraction of sp³-hybridized carbons (Fsp3) is 0.900. The summed E-state index contributed by atoms with van der Waals surface area (Å²) in [4.78, 5) is 38.0. The van der Waals surface area contributed by atoms with Crippen molar-refractivity contribution in [1.29, 1.82) is 0 Å². The van der Waals surface area contributed by atoms with Crippen LogP contribution in [0.2, 0.25) is 0 Å². The predicted molar refractivity (Wildman–Crippen MR) is 134 cm³/mol. The molecule has 7 rings (SSSR count). The summed E-state index contributed by atoms with van der Waals surface area (Å²) in [6.07, 6.45) is 6.79. The zero-order valence-corrected chi connectivity index (χ0v) is 23.0. The Kier molecular flexibility index (Phi) is 6.35. The van der Waals surface area contributed by atoms with E-state index in [9.17, 15) is 29.7 Å². The Hall–Kier alpha value is -1.75. The first-order valence-corrected chi connectivity index (χ1v) is 15.3. The number of aliphatic carboxylic acids is 1. The van der Waals surface area contributed by atoms with Crippen LogP contribution in [-0.4, -0.2) is 72.5 Å². The average Bonchev–Trinajstić information content (AvgIpc) is 3.63. The van der Waals surface area contributed by atoms with E-state index in [1.807, 2.05) is 0 Å². The molecule has 5 atom stereocenters.